The summed E-state index contributed by atoms with van der Waals surface area (Å²) in [4.78, 5) is 51.4. The van der Waals surface area contributed by atoms with E-state index in [1.807, 2.05) is 36.4 Å². The number of para-hydroxylation sites is 2. The molecule has 0 saturated carbocycles. The van der Waals surface area contributed by atoms with Crippen LogP contribution in [0.15, 0.2) is 55.0 Å². The van der Waals surface area contributed by atoms with E-state index in [0.29, 0.717) is 69.4 Å². The average molecular weight is 655 g/mol. The third-order valence-electron chi connectivity index (χ3n) is 7.63. The van der Waals surface area contributed by atoms with Crippen molar-refractivity contribution in [3.8, 4) is 0 Å². The Morgan fingerprint density at radius 1 is 0.792 bits per heavy atom. The van der Waals surface area contributed by atoms with Gasteiger partial charge in [0.15, 0.2) is 0 Å². The number of aromatic nitrogens is 6. The molecule has 0 aliphatic heterocycles. The van der Waals surface area contributed by atoms with E-state index in [9.17, 15) is 9.59 Å². The van der Waals surface area contributed by atoms with Gasteiger partial charge in [0, 0.05) is 75.0 Å². The average Bonchev–Trinajstić information content (AvgIpc) is 3.58. The number of imidazole rings is 1. The highest BCUT2D eigenvalue weighted by Gasteiger charge is 2.16. The van der Waals surface area contributed by atoms with Crippen LogP contribution in [0.5, 0.6) is 0 Å². The molecule has 11 N–H and O–H groups in total. The van der Waals surface area contributed by atoms with Gasteiger partial charge in [-0.2, -0.15) is 15.0 Å². The minimum Gasteiger partial charge on any atom is -0.384 e. The van der Waals surface area contributed by atoms with Crippen LogP contribution in [0.2, 0.25) is 0 Å². The first-order valence-corrected chi connectivity index (χ1v) is 15.9. The van der Waals surface area contributed by atoms with Crippen LogP contribution in [-0.2, 0) is 11.2 Å². The zero-order valence-corrected chi connectivity index (χ0v) is 26.7. The number of anilines is 4. The fourth-order valence-electron chi connectivity index (χ4n) is 5.35. The molecular formula is C32H42N14O2. The van der Waals surface area contributed by atoms with E-state index in [0.717, 1.165) is 40.5 Å². The first-order chi connectivity index (χ1) is 23.4. The summed E-state index contributed by atoms with van der Waals surface area (Å²) < 4.78 is 0. The Kier molecular flexibility index (Phi) is 11.8. The molecule has 48 heavy (non-hydrogen) atoms. The number of nitrogens with zero attached hydrogens (tertiary/aromatic N) is 6. The molecule has 0 fully saturated rings. The number of carbonyl (C=O) groups excluding carboxylic acids is 2. The van der Waals surface area contributed by atoms with Crippen LogP contribution in [0.1, 0.15) is 28.9 Å². The molecule has 3 aromatic heterocycles. The minimum atomic E-state index is -0.208. The fraction of sp³-hybridized carbons (Fsp3) is 0.344. The van der Waals surface area contributed by atoms with Gasteiger partial charge in [-0.05, 0) is 25.0 Å². The summed E-state index contributed by atoms with van der Waals surface area (Å²) in [6, 6.07) is 13.5. The lowest BCUT2D eigenvalue weighted by Gasteiger charge is -2.22. The zero-order chi connectivity index (χ0) is 33.7. The lowest BCUT2D eigenvalue weighted by Crippen LogP contribution is -2.41. The molecule has 0 radical (unpaired) electrons. The van der Waals surface area contributed by atoms with Gasteiger partial charge in [-0.15, -0.1) is 0 Å². The minimum absolute atomic E-state index is 0.0739. The Bertz CT molecular complexity index is 1790. The molecule has 2 amide bonds. The quantitative estimate of drug-likeness (QED) is 0.0488. The highest BCUT2D eigenvalue weighted by atomic mass is 16.2. The number of carbonyl (C=O) groups is 2. The van der Waals surface area contributed by atoms with E-state index in [1.54, 1.807) is 18.6 Å². The molecule has 16 nitrogen and oxygen atoms in total. The molecule has 0 atom stereocenters. The Morgan fingerprint density at radius 2 is 1.52 bits per heavy atom. The van der Waals surface area contributed by atoms with Gasteiger partial charge in [-0.1, -0.05) is 30.3 Å². The number of unbranched alkanes of at least 4 members (excludes halogenated alkanes) is 1. The summed E-state index contributed by atoms with van der Waals surface area (Å²) in [5.74, 6) is 0.202. The fourth-order valence-corrected chi connectivity index (χ4v) is 5.35. The first-order valence-electron chi connectivity index (χ1n) is 15.9. The highest BCUT2D eigenvalue weighted by molar-refractivity contribution is 6.14. The number of amides is 2. The highest BCUT2D eigenvalue weighted by Crippen LogP contribution is 2.32. The van der Waals surface area contributed by atoms with Crippen molar-refractivity contribution in [1.29, 1.82) is 0 Å². The van der Waals surface area contributed by atoms with Crippen LogP contribution < -0.4 is 38.5 Å². The van der Waals surface area contributed by atoms with E-state index in [4.69, 9.17) is 22.2 Å². The summed E-state index contributed by atoms with van der Waals surface area (Å²) in [5, 5.41) is 14.5. The lowest BCUT2D eigenvalue weighted by atomic mass is 10.0. The molecule has 0 bridgehead atoms. The number of H-pyrrole nitrogens is 1. The van der Waals surface area contributed by atoms with Crippen molar-refractivity contribution in [2.24, 2.45) is 5.73 Å². The molecule has 0 spiro atoms. The number of nitrogens with one attached hydrogen (secondary N) is 5. The van der Waals surface area contributed by atoms with Gasteiger partial charge in [0.05, 0.1) is 35.0 Å². The molecule has 5 rings (SSSR count). The second-order valence-corrected chi connectivity index (χ2v) is 11.1. The van der Waals surface area contributed by atoms with E-state index >= 15 is 0 Å². The van der Waals surface area contributed by atoms with Crippen molar-refractivity contribution >= 4 is 57.2 Å². The number of benzene rings is 2. The Labute approximate surface area is 277 Å². The van der Waals surface area contributed by atoms with E-state index in [-0.39, 0.29) is 30.1 Å². The molecule has 0 aliphatic carbocycles. The van der Waals surface area contributed by atoms with Crippen LogP contribution in [0.3, 0.4) is 0 Å². The number of nitrogen functional groups attached to an aromatic ring is 2. The predicted molar refractivity (Wildman–Crippen MR) is 187 cm³/mol. The van der Waals surface area contributed by atoms with E-state index < -0.39 is 0 Å². The molecular weight excluding hydrogens is 612 g/mol. The summed E-state index contributed by atoms with van der Waals surface area (Å²) in [5.41, 5.74) is 20.7. The van der Waals surface area contributed by atoms with Gasteiger partial charge in [-0.25, -0.2) is 9.97 Å². The summed E-state index contributed by atoms with van der Waals surface area (Å²) in [6.45, 7) is 4.50. The number of nitrogens with two attached hydrogens (primary N) is 3. The third-order valence-corrected chi connectivity index (χ3v) is 7.63. The number of hydrogen-bond acceptors (Lipinski definition) is 13. The summed E-state index contributed by atoms with van der Waals surface area (Å²) in [7, 11) is 0. The maximum Gasteiger partial charge on any atom is 0.253 e. The number of aromatic amines is 1. The number of rotatable bonds is 18. The lowest BCUT2D eigenvalue weighted by molar-refractivity contribution is -0.120. The van der Waals surface area contributed by atoms with Crippen LogP contribution in [0.25, 0.3) is 21.8 Å². The molecule has 5 aromatic rings. The van der Waals surface area contributed by atoms with Crippen molar-refractivity contribution in [2.75, 3.05) is 74.5 Å². The molecule has 3 heterocycles. The van der Waals surface area contributed by atoms with Gasteiger partial charge < -0.3 is 43.5 Å². The number of fused-ring (bicyclic) bond motifs is 2. The van der Waals surface area contributed by atoms with E-state index in [1.165, 1.54) is 0 Å². The Morgan fingerprint density at radius 3 is 2.27 bits per heavy atom. The Balaban J connectivity index is 1.17. The van der Waals surface area contributed by atoms with Crippen molar-refractivity contribution in [3.05, 3.63) is 66.2 Å². The SMILES string of the molecule is NCCN(CCNC(=O)Cc1cnc[nH]1)CCNC(=O)c1cccc2c(NCCCCNc3nc(N)nc(N)n3)c3ccccc3nc12. The van der Waals surface area contributed by atoms with Gasteiger partial charge in [0.1, 0.15) is 0 Å². The molecule has 0 unspecified atom stereocenters. The van der Waals surface area contributed by atoms with Gasteiger partial charge in [-0.3, -0.25) is 14.5 Å². The van der Waals surface area contributed by atoms with Gasteiger partial charge in [0.25, 0.3) is 5.91 Å². The maximum atomic E-state index is 13.5. The molecule has 0 aliphatic rings. The van der Waals surface area contributed by atoms with Crippen molar-refractivity contribution < 1.29 is 9.59 Å². The largest absolute Gasteiger partial charge is 0.384 e. The smallest absolute Gasteiger partial charge is 0.253 e. The molecule has 252 valence electrons. The second-order valence-electron chi connectivity index (χ2n) is 11.1. The summed E-state index contributed by atoms with van der Waals surface area (Å²) in [6.07, 6.45) is 5.11. The molecule has 0 saturated heterocycles. The van der Waals surface area contributed by atoms with Crippen LogP contribution in [-0.4, -0.2) is 99.0 Å². The topological polar surface area (TPSA) is 244 Å². The van der Waals surface area contributed by atoms with Crippen LogP contribution in [0, 0.1) is 0 Å². The van der Waals surface area contributed by atoms with Crippen molar-refractivity contribution in [1.82, 2.24) is 45.4 Å². The van der Waals surface area contributed by atoms with Crippen LogP contribution >= 0.6 is 0 Å². The number of hydrogen-bond donors (Lipinski definition) is 8. The van der Waals surface area contributed by atoms with Crippen molar-refractivity contribution in [2.45, 2.75) is 19.3 Å². The van der Waals surface area contributed by atoms with E-state index in [2.05, 4.69) is 51.1 Å². The zero-order valence-electron chi connectivity index (χ0n) is 26.7. The van der Waals surface area contributed by atoms with Gasteiger partial charge in [0.2, 0.25) is 23.8 Å². The number of pyridine rings is 1. The van der Waals surface area contributed by atoms with Crippen LogP contribution in [0.4, 0.5) is 23.5 Å². The first kappa shape index (κ1) is 33.7. The van der Waals surface area contributed by atoms with Gasteiger partial charge >= 0.3 is 0 Å². The second kappa shape index (κ2) is 16.8. The Hall–Kier alpha value is -5.61. The van der Waals surface area contributed by atoms with Crippen molar-refractivity contribution in [3.63, 3.8) is 0 Å². The standard InChI is InChI=1S/C32H42N14O2/c33-10-15-46(16-13-37-26(47)18-21-19-36-20-41-21)17-14-39-29(48)24-8-5-7-23-27(22-6-1-2-9-25(22)42-28(23)24)38-11-3-4-12-40-32-44-30(34)43-31(35)45-32/h1-2,5-9,19-20H,3-4,10-18,33H2,(H,36,41)(H,37,47)(H,38,42)(H,39,48)(H5,34,35,40,43,44,45). The molecule has 2 aromatic carbocycles. The normalized spacial score (nSPS) is 11.2. The predicted octanol–water partition coefficient (Wildman–Crippen LogP) is 1.11. The maximum absolute atomic E-state index is 13.5. The monoisotopic (exact) mass is 654 g/mol. The third kappa shape index (κ3) is 9.23. The summed E-state index contributed by atoms with van der Waals surface area (Å²) >= 11 is 0. The molecule has 16 heteroatoms.